The second-order valence-corrected chi connectivity index (χ2v) is 5.62. The summed E-state index contributed by atoms with van der Waals surface area (Å²) in [7, 11) is 4.36. The molecular formula is C13H28N2. The molecule has 1 aliphatic rings. The molecule has 1 saturated carbocycles. The van der Waals surface area contributed by atoms with Crippen LogP contribution in [0.1, 0.15) is 39.5 Å². The summed E-state index contributed by atoms with van der Waals surface area (Å²) in [4.78, 5) is 2.51. The van der Waals surface area contributed by atoms with E-state index in [1.807, 2.05) is 0 Å². The molecule has 2 nitrogen and oxygen atoms in total. The summed E-state index contributed by atoms with van der Waals surface area (Å²) in [5, 5.41) is 3.40. The van der Waals surface area contributed by atoms with Gasteiger partial charge in [-0.05, 0) is 51.6 Å². The lowest BCUT2D eigenvalue weighted by molar-refractivity contribution is 0.203. The van der Waals surface area contributed by atoms with Crippen LogP contribution in [-0.4, -0.2) is 38.1 Å². The highest BCUT2D eigenvalue weighted by atomic mass is 15.1. The lowest BCUT2D eigenvalue weighted by Crippen LogP contribution is -2.35. The fourth-order valence-corrected chi connectivity index (χ4v) is 2.77. The molecule has 0 unspecified atom stereocenters. The quantitative estimate of drug-likeness (QED) is 0.752. The highest BCUT2D eigenvalue weighted by Gasteiger charge is 2.20. The van der Waals surface area contributed by atoms with E-state index >= 15 is 0 Å². The summed E-state index contributed by atoms with van der Waals surface area (Å²) in [6.45, 7) is 7.14. The first-order chi connectivity index (χ1) is 7.11. The van der Waals surface area contributed by atoms with Crippen LogP contribution in [0.15, 0.2) is 0 Å². The van der Waals surface area contributed by atoms with Gasteiger partial charge in [0.2, 0.25) is 0 Å². The molecule has 0 aromatic heterocycles. The number of hydrogen-bond donors (Lipinski definition) is 1. The Morgan fingerprint density at radius 1 is 1.20 bits per heavy atom. The van der Waals surface area contributed by atoms with Gasteiger partial charge in [-0.15, -0.1) is 0 Å². The third-order valence-electron chi connectivity index (χ3n) is 3.50. The molecule has 2 heteroatoms. The Hall–Kier alpha value is -0.0800. The van der Waals surface area contributed by atoms with Crippen molar-refractivity contribution in [2.75, 3.05) is 27.2 Å². The molecule has 0 amide bonds. The average Bonchev–Trinajstić information content (AvgIpc) is 2.17. The van der Waals surface area contributed by atoms with Gasteiger partial charge in [0.15, 0.2) is 0 Å². The molecular weight excluding hydrogens is 184 g/mol. The van der Waals surface area contributed by atoms with Gasteiger partial charge in [-0.25, -0.2) is 0 Å². The average molecular weight is 212 g/mol. The maximum Gasteiger partial charge on any atom is 0.00642 e. The van der Waals surface area contributed by atoms with Crippen molar-refractivity contribution in [3.63, 3.8) is 0 Å². The fraction of sp³-hybridized carbons (Fsp3) is 1.00. The van der Waals surface area contributed by atoms with Crippen LogP contribution in [0.5, 0.6) is 0 Å². The molecule has 0 aromatic carbocycles. The standard InChI is InChI=1S/C13H28N2/c1-11(2)9-15(4)10-12-5-7-13(14-3)8-6-12/h11-14H,5-10H2,1-4H3. The van der Waals surface area contributed by atoms with Crippen molar-refractivity contribution in [2.45, 2.75) is 45.6 Å². The van der Waals surface area contributed by atoms with Crippen molar-refractivity contribution >= 4 is 0 Å². The van der Waals surface area contributed by atoms with E-state index in [0.717, 1.165) is 17.9 Å². The zero-order valence-corrected chi connectivity index (χ0v) is 10.9. The predicted molar refractivity (Wildman–Crippen MR) is 67.1 cm³/mol. The second kappa shape index (κ2) is 6.49. The first-order valence-electron chi connectivity index (χ1n) is 6.47. The van der Waals surface area contributed by atoms with E-state index in [-0.39, 0.29) is 0 Å². The molecule has 90 valence electrons. The van der Waals surface area contributed by atoms with Gasteiger partial charge < -0.3 is 10.2 Å². The Bertz CT molecular complexity index is 160. The van der Waals surface area contributed by atoms with Crippen LogP contribution in [0.4, 0.5) is 0 Å². The SMILES string of the molecule is CNC1CCC(CN(C)CC(C)C)CC1. The Morgan fingerprint density at radius 3 is 2.27 bits per heavy atom. The molecule has 0 aromatic rings. The molecule has 0 heterocycles. The van der Waals surface area contributed by atoms with Gasteiger partial charge in [-0.3, -0.25) is 0 Å². The number of nitrogens with one attached hydrogen (secondary N) is 1. The van der Waals surface area contributed by atoms with Crippen LogP contribution < -0.4 is 5.32 Å². The smallest absolute Gasteiger partial charge is 0.00642 e. The van der Waals surface area contributed by atoms with Gasteiger partial charge in [0.25, 0.3) is 0 Å². The third kappa shape index (κ3) is 4.98. The lowest BCUT2D eigenvalue weighted by atomic mass is 9.86. The van der Waals surface area contributed by atoms with Crippen LogP contribution in [0.3, 0.4) is 0 Å². The van der Waals surface area contributed by atoms with E-state index in [1.54, 1.807) is 0 Å². The van der Waals surface area contributed by atoms with Crippen LogP contribution in [0, 0.1) is 11.8 Å². The van der Waals surface area contributed by atoms with E-state index in [0.29, 0.717) is 0 Å². The highest BCUT2D eigenvalue weighted by molar-refractivity contribution is 4.77. The Morgan fingerprint density at radius 2 is 1.80 bits per heavy atom. The van der Waals surface area contributed by atoms with E-state index in [9.17, 15) is 0 Å². The van der Waals surface area contributed by atoms with Gasteiger partial charge in [0.1, 0.15) is 0 Å². The normalized spacial score (nSPS) is 27.6. The van der Waals surface area contributed by atoms with Gasteiger partial charge in [0, 0.05) is 19.1 Å². The number of nitrogens with zero attached hydrogens (tertiary/aromatic N) is 1. The topological polar surface area (TPSA) is 15.3 Å². The molecule has 15 heavy (non-hydrogen) atoms. The first kappa shape index (κ1) is 13.0. The van der Waals surface area contributed by atoms with Crippen molar-refractivity contribution in [1.29, 1.82) is 0 Å². The second-order valence-electron chi connectivity index (χ2n) is 5.62. The molecule has 1 rings (SSSR count). The minimum Gasteiger partial charge on any atom is -0.317 e. The zero-order chi connectivity index (χ0) is 11.3. The van der Waals surface area contributed by atoms with E-state index in [4.69, 9.17) is 0 Å². The first-order valence-corrected chi connectivity index (χ1v) is 6.47. The van der Waals surface area contributed by atoms with Crippen molar-refractivity contribution in [3.05, 3.63) is 0 Å². The molecule has 0 spiro atoms. The summed E-state index contributed by atoms with van der Waals surface area (Å²) in [5.41, 5.74) is 0. The van der Waals surface area contributed by atoms with Crippen LogP contribution in [0.25, 0.3) is 0 Å². The highest BCUT2D eigenvalue weighted by Crippen LogP contribution is 2.24. The fourth-order valence-electron chi connectivity index (χ4n) is 2.77. The summed E-state index contributed by atoms with van der Waals surface area (Å²) in [6.07, 6.45) is 5.56. The number of hydrogen-bond acceptors (Lipinski definition) is 2. The molecule has 0 aliphatic heterocycles. The van der Waals surface area contributed by atoms with Gasteiger partial charge in [0.05, 0.1) is 0 Å². The summed E-state index contributed by atoms with van der Waals surface area (Å²) in [6, 6.07) is 0.789. The largest absolute Gasteiger partial charge is 0.317 e. The summed E-state index contributed by atoms with van der Waals surface area (Å²) < 4.78 is 0. The Balaban J connectivity index is 2.17. The minimum absolute atomic E-state index is 0.789. The molecule has 0 bridgehead atoms. The van der Waals surface area contributed by atoms with Crippen LogP contribution >= 0.6 is 0 Å². The summed E-state index contributed by atoms with van der Waals surface area (Å²) >= 11 is 0. The maximum atomic E-state index is 3.40. The lowest BCUT2D eigenvalue weighted by Gasteiger charge is -2.31. The van der Waals surface area contributed by atoms with Crippen molar-refractivity contribution in [3.8, 4) is 0 Å². The molecule has 0 radical (unpaired) electrons. The number of rotatable bonds is 5. The Kier molecular flexibility index (Phi) is 5.62. The van der Waals surface area contributed by atoms with E-state index < -0.39 is 0 Å². The minimum atomic E-state index is 0.789. The zero-order valence-electron chi connectivity index (χ0n) is 10.9. The molecule has 0 atom stereocenters. The van der Waals surface area contributed by atoms with Crippen molar-refractivity contribution < 1.29 is 0 Å². The third-order valence-corrected chi connectivity index (χ3v) is 3.50. The molecule has 1 fully saturated rings. The van der Waals surface area contributed by atoms with Gasteiger partial charge in [-0.1, -0.05) is 13.8 Å². The molecule has 1 aliphatic carbocycles. The van der Waals surface area contributed by atoms with Gasteiger partial charge in [-0.2, -0.15) is 0 Å². The molecule has 0 saturated heterocycles. The van der Waals surface area contributed by atoms with Crippen molar-refractivity contribution in [2.24, 2.45) is 11.8 Å². The summed E-state index contributed by atoms with van der Waals surface area (Å²) in [5.74, 6) is 1.74. The maximum absolute atomic E-state index is 3.40. The van der Waals surface area contributed by atoms with E-state index in [2.05, 4.69) is 38.2 Å². The van der Waals surface area contributed by atoms with Crippen molar-refractivity contribution in [1.82, 2.24) is 10.2 Å². The molecule has 1 N–H and O–H groups in total. The van der Waals surface area contributed by atoms with Crippen LogP contribution in [0.2, 0.25) is 0 Å². The van der Waals surface area contributed by atoms with Crippen LogP contribution in [-0.2, 0) is 0 Å². The predicted octanol–water partition coefficient (Wildman–Crippen LogP) is 2.35. The Labute approximate surface area is 95.4 Å². The van der Waals surface area contributed by atoms with E-state index in [1.165, 1.54) is 38.8 Å². The monoisotopic (exact) mass is 212 g/mol. The van der Waals surface area contributed by atoms with Gasteiger partial charge >= 0.3 is 0 Å².